The zero-order chi connectivity index (χ0) is 14.5. The predicted octanol–water partition coefficient (Wildman–Crippen LogP) is -1.01. The van der Waals surface area contributed by atoms with Crippen LogP contribution in [0.5, 0.6) is 0 Å². The molecule has 7 nitrogen and oxygen atoms in total. The summed E-state index contributed by atoms with van der Waals surface area (Å²) in [5, 5.41) is 0. The number of ether oxygens (including phenoxy) is 5. The van der Waals surface area contributed by atoms with Crippen molar-refractivity contribution in [2.24, 2.45) is 16.9 Å². The first-order chi connectivity index (χ1) is 9.83. The van der Waals surface area contributed by atoms with Gasteiger partial charge in [-0.25, -0.2) is 0 Å². The highest BCUT2D eigenvalue weighted by Gasteiger charge is 2.28. The smallest absolute Gasteiger partial charge is 0.0701 e. The molecule has 4 N–H and O–H groups in total. The Morgan fingerprint density at radius 1 is 0.550 bits per heavy atom. The number of hydrogen-bond acceptors (Lipinski definition) is 7. The molecule has 0 saturated carbocycles. The summed E-state index contributed by atoms with van der Waals surface area (Å²) in [6, 6.07) is 0. The molecule has 0 aliphatic carbocycles. The van der Waals surface area contributed by atoms with Crippen LogP contribution in [0, 0.1) is 5.41 Å². The van der Waals surface area contributed by atoms with Crippen LogP contribution in [-0.4, -0.2) is 79.2 Å². The molecular weight excluding hydrogens is 264 g/mol. The minimum Gasteiger partial charge on any atom is -0.378 e. The van der Waals surface area contributed by atoms with Gasteiger partial charge in [0.2, 0.25) is 0 Å². The van der Waals surface area contributed by atoms with Gasteiger partial charge in [-0.2, -0.15) is 0 Å². The van der Waals surface area contributed by atoms with Crippen LogP contribution < -0.4 is 11.5 Å². The lowest BCUT2D eigenvalue weighted by Gasteiger charge is -2.30. The molecule has 7 heteroatoms. The standard InChI is InChI=1S/C13H28N2O5/c14-9-13(10-15)11-19-7-5-17-3-1-16-2-4-18-6-8-20-12-13/h1-12,14-15H2. The molecule has 0 radical (unpaired) electrons. The largest absolute Gasteiger partial charge is 0.378 e. The molecule has 1 aliphatic heterocycles. The lowest BCUT2D eigenvalue weighted by atomic mass is 9.90. The van der Waals surface area contributed by atoms with Gasteiger partial charge in [0.1, 0.15) is 0 Å². The minimum absolute atomic E-state index is 0.333. The monoisotopic (exact) mass is 292 g/mol. The van der Waals surface area contributed by atoms with Crippen LogP contribution in [0.1, 0.15) is 0 Å². The van der Waals surface area contributed by atoms with Crippen molar-refractivity contribution in [1.82, 2.24) is 0 Å². The van der Waals surface area contributed by atoms with Gasteiger partial charge in [0.05, 0.1) is 66.1 Å². The molecular formula is C13H28N2O5. The van der Waals surface area contributed by atoms with Gasteiger partial charge < -0.3 is 35.2 Å². The number of hydrogen-bond donors (Lipinski definition) is 2. The van der Waals surface area contributed by atoms with E-state index in [9.17, 15) is 0 Å². The van der Waals surface area contributed by atoms with Crippen LogP contribution in [0.4, 0.5) is 0 Å². The molecule has 1 fully saturated rings. The SMILES string of the molecule is NCC1(CN)COCCOCCOCCOCCOC1. The van der Waals surface area contributed by atoms with Crippen molar-refractivity contribution in [3.05, 3.63) is 0 Å². The van der Waals surface area contributed by atoms with Gasteiger partial charge >= 0.3 is 0 Å². The van der Waals surface area contributed by atoms with Crippen LogP contribution >= 0.6 is 0 Å². The van der Waals surface area contributed by atoms with Crippen molar-refractivity contribution in [3.63, 3.8) is 0 Å². The average Bonchev–Trinajstić information content (AvgIpc) is 2.48. The first-order valence-corrected chi connectivity index (χ1v) is 7.12. The maximum absolute atomic E-state index is 5.81. The van der Waals surface area contributed by atoms with Crippen molar-refractivity contribution in [3.8, 4) is 0 Å². The van der Waals surface area contributed by atoms with Gasteiger partial charge in [-0.15, -0.1) is 0 Å². The average molecular weight is 292 g/mol. The molecule has 120 valence electrons. The summed E-state index contributed by atoms with van der Waals surface area (Å²) in [7, 11) is 0. The van der Waals surface area contributed by atoms with Gasteiger partial charge in [-0.1, -0.05) is 0 Å². The fraction of sp³-hybridized carbons (Fsp3) is 1.00. The third-order valence-electron chi connectivity index (χ3n) is 3.17. The lowest BCUT2D eigenvalue weighted by Crippen LogP contribution is -2.46. The third kappa shape index (κ3) is 7.49. The number of nitrogens with two attached hydrogens (primary N) is 2. The van der Waals surface area contributed by atoms with Crippen LogP contribution in [0.15, 0.2) is 0 Å². The van der Waals surface area contributed by atoms with Crippen molar-refractivity contribution < 1.29 is 23.7 Å². The van der Waals surface area contributed by atoms with Crippen molar-refractivity contribution in [2.75, 3.05) is 79.2 Å². The maximum atomic E-state index is 5.81. The summed E-state index contributed by atoms with van der Waals surface area (Å²) in [6.45, 7) is 6.16. The topological polar surface area (TPSA) is 98.2 Å². The molecule has 0 bridgehead atoms. The van der Waals surface area contributed by atoms with E-state index >= 15 is 0 Å². The van der Waals surface area contributed by atoms with E-state index in [2.05, 4.69) is 0 Å². The van der Waals surface area contributed by atoms with Gasteiger partial charge in [0.15, 0.2) is 0 Å². The quantitative estimate of drug-likeness (QED) is 0.672. The zero-order valence-electron chi connectivity index (χ0n) is 12.2. The van der Waals surface area contributed by atoms with Crippen LogP contribution in [0.3, 0.4) is 0 Å². The fourth-order valence-electron chi connectivity index (χ4n) is 1.72. The van der Waals surface area contributed by atoms with Gasteiger partial charge in [0, 0.05) is 18.5 Å². The van der Waals surface area contributed by atoms with Crippen LogP contribution in [-0.2, 0) is 23.7 Å². The molecule has 0 unspecified atom stereocenters. The molecule has 0 spiro atoms. The lowest BCUT2D eigenvalue weighted by molar-refractivity contribution is -0.0553. The second-order valence-corrected chi connectivity index (χ2v) is 4.85. The van der Waals surface area contributed by atoms with Crippen LogP contribution in [0.2, 0.25) is 0 Å². The molecule has 0 aromatic heterocycles. The normalized spacial score (nSPS) is 24.3. The van der Waals surface area contributed by atoms with Crippen molar-refractivity contribution >= 4 is 0 Å². The summed E-state index contributed by atoms with van der Waals surface area (Å²) in [5.41, 5.74) is 11.3. The Hall–Kier alpha value is -0.280. The Kier molecular flexibility index (Phi) is 10.1. The highest BCUT2D eigenvalue weighted by molar-refractivity contribution is 4.81. The second-order valence-electron chi connectivity index (χ2n) is 4.85. The van der Waals surface area contributed by atoms with E-state index in [4.69, 9.17) is 35.2 Å². The molecule has 0 aromatic carbocycles. The summed E-state index contributed by atoms with van der Waals surface area (Å²) >= 11 is 0. The maximum Gasteiger partial charge on any atom is 0.0701 e. The summed E-state index contributed by atoms with van der Waals surface area (Å²) in [4.78, 5) is 0. The van der Waals surface area contributed by atoms with Crippen LogP contribution in [0.25, 0.3) is 0 Å². The van der Waals surface area contributed by atoms with Gasteiger partial charge in [-0.05, 0) is 0 Å². The Morgan fingerprint density at radius 2 is 0.850 bits per heavy atom. The minimum atomic E-state index is -0.333. The third-order valence-corrected chi connectivity index (χ3v) is 3.17. The summed E-state index contributed by atoms with van der Waals surface area (Å²) in [5.74, 6) is 0. The zero-order valence-corrected chi connectivity index (χ0v) is 12.2. The molecule has 1 rings (SSSR count). The van der Waals surface area contributed by atoms with Gasteiger partial charge in [-0.3, -0.25) is 0 Å². The highest BCUT2D eigenvalue weighted by Crippen LogP contribution is 2.15. The Labute approximate surface area is 120 Å². The Bertz CT molecular complexity index is 209. The second kappa shape index (κ2) is 11.4. The van der Waals surface area contributed by atoms with E-state index in [0.717, 1.165) is 0 Å². The van der Waals surface area contributed by atoms with E-state index in [1.54, 1.807) is 0 Å². The molecule has 1 heterocycles. The van der Waals surface area contributed by atoms with Crippen molar-refractivity contribution in [2.45, 2.75) is 0 Å². The predicted molar refractivity (Wildman–Crippen MR) is 74.6 cm³/mol. The molecule has 1 saturated heterocycles. The van der Waals surface area contributed by atoms with E-state index in [1.807, 2.05) is 0 Å². The first-order valence-electron chi connectivity index (χ1n) is 7.12. The fourth-order valence-corrected chi connectivity index (χ4v) is 1.72. The van der Waals surface area contributed by atoms with E-state index in [0.29, 0.717) is 79.2 Å². The molecule has 0 aromatic rings. The van der Waals surface area contributed by atoms with E-state index in [-0.39, 0.29) is 5.41 Å². The van der Waals surface area contributed by atoms with E-state index < -0.39 is 0 Å². The van der Waals surface area contributed by atoms with Gasteiger partial charge in [0.25, 0.3) is 0 Å². The Morgan fingerprint density at radius 3 is 1.15 bits per heavy atom. The summed E-state index contributed by atoms with van der Waals surface area (Å²) < 4.78 is 27.3. The molecule has 20 heavy (non-hydrogen) atoms. The Balaban J connectivity index is 2.35. The van der Waals surface area contributed by atoms with Crippen molar-refractivity contribution in [1.29, 1.82) is 0 Å². The molecule has 0 amide bonds. The summed E-state index contributed by atoms with van der Waals surface area (Å²) in [6.07, 6.45) is 0. The highest BCUT2D eigenvalue weighted by atomic mass is 16.6. The molecule has 0 atom stereocenters. The number of rotatable bonds is 2. The van der Waals surface area contributed by atoms with E-state index in [1.165, 1.54) is 0 Å². The molecule has 1 aliphatic rings. The first kappa shape index (κ1) is 17.8.